The number of pyridine rings is 1. The molecule has 26 heavy (non-hydrogen) atoms. The largest absolute Gasteiger partial charge is 0.496 e. The number of nitrogens with zero attached hydrogens (tertiary/aromatic N) is 2. The second-order valence-electron chi connectivity index (χ2n) is 7.53. The van der Waals surface area contributed by atoms with E-state index in [4.69, 9.17) is 14.6 Å². The number of aliphatic hydroxyl groups excluding tert-OH is 1. The minimum absolute atomic E-state index is 0.271. The summed E-state index contributed by atoms with van der Waals surface area (Å²) in [5.41, 5.74) is 1.05. The smallest absolute Gasteiger partial charge is 0.416 e. The maximum absolute atomic E-state index is 13.2. The van der Waals surface area contributed by atoms with E-state index in [0.29, 0.717) is 31.0 Å². The number of amides is 1. The van der Waals surface area contributed by atoms with Gasteiger partial charge in [0.25, 0.3) is 0 Å². The summed E-state index contributed by atoms with van der Waals surface area (Å²) >= 11 is 0. The first-order valence-corrected chi connectivity index (χ1v) is 9.07. The van der Waals surface area contributed by atoms with Crippen LogP contribution in [0.4, 0.5) is 15.0 Å². The molecule has 1 aromatic rings. The van der Waals surface area contributed by atoms with Gasteiger partial charge in [-0.1, -0.05) is 0 Å². The number of alkyl halides is 1. The molecular weight excluding hydrogens is 339 g/mol. The molecule has 1 unspecified atom stereocenters. The molecule has 0 saturated heterocycles. The van der Waals surface area contributed by atoms with Crippen molar-refractivity contribution in [3.8, 4) is 5.75 Å². The highest BCUT2D eigenvalue weighted by atomic mass is 19.1. The molecule has 0 saturated carbocycles. The quantitative estimate of drug-likeness (QED) is 0.833. The number of aromatic nitrogens is 1. The van der Waals surface area contributed by atoms with Crippen LogP contribution in [0.15, 0.2) is 6.07 Å². The van der Waals surface area contributed by atoms with Gasteiger partial charge in [-0.2, -0.15) is 0 Å². The van der Waals surface area contributed by atoms with Crippen molar-refractivity contribution in [1.29, 1.82) is 0 Å². The molecule has 7 heteroatoms. The number of halogens is 1. The first-order valence-electron chi connectivity index (χ1n) is 9.07. The van der Waals surface area contributed by atoms with Crippen LogP contribution >= 0.6 is 0 Å². The van der Waals surface area contributed by atoms with Crippen LogP contribution in [-0.4, -0.2) is 48.2 Å². The van der Waals surface area contributed by atoms with Crippen molar-refractivity contribution < 1.29 is 23.8 Å². The van der Waals surface area contributed by atoms with Crippen LogP contribution in [0.2, 0.25) is 0 Å². The first kappa shape index (κ1) is 20.4. The highest BCUT2D eigenvalue weighted by molar-refractivity contribution is 5.88. The summed E-state index contributed by atoms with van der Waals surface area (Å²) in [6.07, 6.45) is 1.33. The zero-order valence-corrected chi connectivity index (χ0v) is 16.0. The van der Waals surface area contributed by atoms with E-state index in [1.165, 1.54) is 0 Å². The van der Waals surface area contributed by atoms with E-state index in [2.05, 4.69) is 4.98 Å². The van der Waals surface area contributed by atoms with Crippen LogP contribution in [0, 0.1) is 0 Å². The Kier molecular flexibility index (Phi) is 6.81. The van der Waals surface area contributed by atoms with Gasteiger partial charge >= 0.3 is 6.09 Å². The Morgan fingerprint density at radius 1 is 1.46 bits per heavy atom. The Morgan fingerprint density at radius 2 is 2.19 bits per heavy atom. The summed E-state index contributed by atoms with van der Waals surface area (Å²) in [5, 5.41) is 8.79. The monoisotopic (exact) mass is 368 g/mol. The number of methoxy groups -OCH3 is 1. The summed E-state index contributed by atoms with van der Waals surface area (Å²) < 4.78 is 24.2. The molecule has 1 amide bonds. The van der Waals surface area contributed by atoms with Gasteiger partial charge < -0.3 is 14.6 Å². The number of hydrogen-bond acceptors (Lipinski definition) is 5. The Morgan fingerprint density at radius 3 is 2.81 bits per heavy atom. The average Bonchev–Trinajstić information content (AvgIpc) is 2.58. The first-order chi connectivity index (χ1) is 12.2. The van der Waals surface area contributed by atoms with Gasteiger partial charge in [-0.05, 0) is 52.9 Å². The van der Waals surface area contributed by atoms with E-state index in [1.807, 2.05) is 26.8 Å². The van der Waals surface area contributed by atoms with Gasteiger partial charge in [-0.15, -0.1) is 0 Å². The van der Waals surface area contributed by atoms with Crippen molar-refractivity contribution in [2.24, 2.45) is 0 Å². The van der Waals surface area contributed by atoms with Crippen LogP contribution in [-0.2, 0) is 17.6 Å². The van der Waals surface area contributed by atoms with Gasteiger partial charge in [-0.25, -0.2) is 14.2 Å². The fourth-order valence-corrected chi connectivity index (χ4v) is 2.96. The summed E-state index contributed by atoms with van der Waals surface area (Å²) in [6.45, 7) is 5.56. The fourth-order valence-electron chi connectivity index (χ4n) is 2.96. The van der Waals surface area contributed by atoms with Crippen LogP contribution in [0.5, 0.6) is 5.75 Å². The molecule has 6 nitrogen and oxygen atoms in total. The normalized spacial score (nSPS) is 15.4. The van der Waals surface area contributed by atoms with E-state index >= 15 is 0 Å². The molecule has 0 radical (unpaired) electrons. The molecule has 1 aromatic heterocycles. The number of fused-ring (bicyclic) bond motifs is 1. The standard InChI is InChI=1S/C19H29FN2O4/c1-19(2,3)26-18(24)22-10-6-9-15-16(25-4)11-14(21-17(15)22)8-5-7-13(20)12-23/h11,13,23H,5-10,12H2,1-4H3. The SMILES string of the molecule is COc1cc(CCCC(F)CO)nc2c1CCCN2C(=O)OC(C)(C)C. The molecule has 1 atom stereocenters. The maximum atomic E-state index is 13.2. The predicted molar refractivity (Wildman–Crippen MR) is 97.6 cm³/mol. The third-order valence-corrected chi connectivity index (χ3v) is 4.16. The van der Waals surface area contributed by atoms with Crippen molar-refractivity contribution >= 4 is 11.9 Å². The van der Waals surface area contributed by atoms with E-state index in [-0.39, 0.29) is 6.42 Å². The van der Waals surface area contributed by atoms with Crippen LogP contribution in [0.1, 0.15) is 51.3 Å². The van der Waals surface area contributed by atoms with Crippen LogP contribution in [0.3, 0.4) is 0 Å². The molecule has 0 bridgehead atoms. The van der Waals surface area contributed by atoms with Gasteiger partial charge in [0.15, 0.2) is 0 Å². The molecule has 0 fully saturated rings. The Labute approximate surface area is 154 Å². The zero-order chi connectivity index (χ0) is 19.3. The number of anilines is 1. The molecule has 1 aliphatic heterocycles. The number of aliphatic hydroxyl groups is 1. The third kappa shape index (κ3) is 5.30. The third-order valence-electron chi connectivity index (χ3n) is 4.16. The van der Waals surface area contributed by atoms with Gasteiger partial charge in [0.05, 0.1) is 13.7 Å². The molecule has 2 rings (SSSR count). The van der Waals surface area contributed by atoms with Crippen LogP contribution in [0.25, 0.3) is 0 Å². The topological polar surface area (TPSA) is 71.9 Å². The minimum Gasteiger partial charge on any atom is -0.496 e. The second kappa shape index (κ2) is 8.66. The van der Waals surface area contributed by atoms with E-state index in [0.717, 1.165) is 24.1 Å². The fraction of sp³-hybridized carbons (Fsp3) is 0.684. The zero-order valence-electron chi connectivity index (χ0n) is 16.0. The van der Waals surface area contributed by atoms with Crippen molar-refractivity contribution in [2.45, 2.75) is 64.6 Å². The molecule has 0 spiro atoms. The number of carbonyl (C=O) groups excluding carboxylic acids is 1. The number of hydrogen-bond donors (Lipinski definition) is 1. The van der Waals surface area contributed by atoms with Crippen molar-refractivity contribution in [2.75, 3.05) is 25.2 Å². The van der Waals surface area contributed by atoms with Crippen molar-refractivity contribution in [1.82, 2.24) is 4.98 Å². The van der Waals surface area contributed by atoms with Crippen LogP contribution < -0.4 is 9.64 Å². The van der Waals surface area contributed by atoms with E-state index in [1.54, 1.807) is 12.0 Å². The summed E-state index contributed by atoms with van der Waals surface area (Å²) in [6, 6.07) is 1.85. The lowest BCUT2D eigenvalue weighted by Crippen LogP contribution is -2.40. The highest BCUT2D eigenvalue weighted by Crippen LogP contribution is 2.34. The number of carbonyl (C=O) groups is 1. The molecule has 1 N–H and O–H groups in total. The highest BCUT2D eigenvalue weighted by Gasteiger charge is 2.30. The number of rotatable bonds is 6. The Hall–Kier alpha value is -1.89. The summed E-state index contributed by atoms with van der Waals surface area (Å²) in [7, 11) is 1.59. The summed E-state index contributed by atoms with van der Waals surface area (Å²) in [5.74, 6) is 1.26. The average molecular weight is 368 g/mol. The Bertz CT molecular complexity index is 631. The minimum atomic E-state index is -1.22. The van der Waals surface area contributed by atoms with Gasteiger partial charge in [-0.3, -0.25) is 4.90 Å². The van der Waals surface area contributed by atoms with Gasteiger partial charge in [0, 0.05) is 23.9 Å². The van der Waals surface area contributed by atoms with Gasteiger partial charge in [0.2, 0.25) is 0 Å². The summed E-state index contributed by atoms with van der Waals surface area (Å²) in [4.78, 5) is 18.8. The van der Waals surface area contributed by atoms with E-state index < -0.39 is 24.5 Å². The molecule has 2 heterocycles. The van der Waals surface area contributed by atoms with Crippen molar-refractivity contribution in [3.63, 3.8) is 0 Å². The lowest BCUT2D eigenvalue weighted by molar-refractivity contribution is 0.0576. The lowest BCUT2D eigenvalue weighted by Gasteiger charge is -2.31. The molecule has 1 aliphatic rings. The lowest BCUT2D eigenvalue weighted by atomic mass is 10.0. The molecule has 146 valence electrons. The van der Waals surface area contributed by atoms with E-state index in [9.17, 15) is 9.18 Å². The molecular formula is C19H29FN2O4. The van der Waals surface area contributed by atoms with Gasteiger partial charge in [0.1, 0.15) is 23.3 Å². The molecule has 0 aliphatic carbocycles. The molecule has 0 aromatic carbocycles. The maximum Gasteiger partial charge on any atom is 0.416 e. The van der Waals surface area contributed by atoms with Crippen molar-refractivity contribution in [3.05, 3.63) is 17.3 Å². The second-order valence-corrected chi connectivity index (χ2v) is 7.53. The number of ether oxygens (including phenoxy) is 2. The Balaban J connectivity index is 2.25. The number of aryl methyl sites for hydroxylation is 1. The predicted octanol–water partition coefficient (Wildman–Crippen LogP) is 3.43.